The van der Waals surface area contributed by atoms with Crippen molar-refractivity contribution in [2.75, 3.05) is 7.11 Å². The van der Waals surface area contributed by atoms with Crippen molar-refractivity contribution in [3.05, 3.63) is 0 Å². The molecule has 1 aliphatic carbocycles. The molecule has 0 radical (unpaired) electrons. The molecule has 1 rings (SSSR count). The van der Waals surface area contributed by atoms with Crippen LogP contribution >= 0.6 is 0 Å². The predicted molar refractivity (Wildman–Crippen MR) is 43.0 cm³/mol. The Morgan fingerprint density at radius 2 is 2.20 bits per heavy atom. The van der Waals surface area contributed by atoms with Crippen molar-refractivity contribution in [1.29, 1.82) is 0 Å². The quantitative estimate of drug-likeness (QED) is 0.576. The maximum Gasteiger partial charge on any atom is 0.0574 e. The lowest BCUT2D eigenvalue weighted by atomic mass is 9.86. The maximum absolute atomic E-state index is 5.32. The van der Waals surface area contributed by atoms with Crippen molar-refractivity contribution < 1.29 is 4.74 Å². The second kappa shape index (κ2) is 3.97. The number of methoxy groups -OCH3 is 1. The summed E-state index contributed by atoms with van der Waals surface area (Å²) in [5.41, 5.74) is 0. The van der Waals surface area contributed by atoms with E-state index in [0.717, 1.165) is 5.92 Å². The normalized spacial score (nSPS) is 34.2. The van der Waals surface area contributed by atoms with E-state index >= 15 is 0 Å². The number of hydrogen-bond donors (Lipinski definition) is 0. The second-order valence-electron chi connectivity index (χ2n) is 3.30. The Morgan fingerprint density at radius 1 is 1.40 bits per heavy atom. The topological polar surface area (TPSA) is 9.23 Å². The van der Waals surface area contributed by atoms with Gasteiger partial charge in [0.15, 0.2) is 0 Å². The van der Waals surface area contributed by atoms with E-state index in [0.29, 0.717) is 6.10 Å². The van der Waals surface area contributed by atoms with Gasteiger partial charge in [0.25, 0.3) is 0 Å². The number of ether oxygens (including phenoxy) is 1. The monoisotopic (exact) mass is 142 g/mol. The first-order valence-electron chi connectivity index (χ1n) is 4.39. The van der Waals surface area contributed by atoms with Gasteiger partial charge in [-0.15, -0.1) is 0 Å². The Labute approximate surface area is 63.8 Å². The fourth-order valence-electron chi connectivity index (χ4n) is 1.83. The van der Waals surface area contributed by atoms with Crippen LogP contribution in [0.4, 0.5) is 0 Å². The largest absolute Gasteiger partial charge is 0.381 e. The Kier molecular flexibility index (Phi) is 3.20. The minimum absolute atomic E-state index is 0.568. The molecule has 2 atom stereocenters. The summed E-state index contributed by atoms with van der Waals surface area (Å²) in [5, 5.41) is 0. The van der Waals surface area contributed by atoms with Crippen LogP contribution in [-0.4, -0.2) is 13.2 Å². The van der Waals surface area contributed by atoms with E-state index in [1.807, 2.05) is 7.11 Å². The summed E-state index contributed by atoms with van der Waals surface area (Å²) >= 11 is 0. The van der Waals surface area contributed by atoms with E-state index < -0.39 is 0 Å². The molecule has 0 heterocycles. The van der Waals surface area contributed by atoms with E-state index in [9.17, 15) is 0 Å². The zero-order chi connectivity index (χ0) is 7.40. The minimum Gasteiger partial charge on any atom is -0.381 e. The molecule has 0 spiro atoms. The molecule has 1 nitrogen and oxygen atoms in total. The summed E-state index contributed by atoms with van der Waals surface area (Å²) in [7, 11) is 1.84. The first-order chi connectivity index (χ1) is 4.86. The highest BCUT2D eigenvalue weighted by Crippen LogP contribution is 2.27. The highest BCUT2D eigenvalue weighted by Gasteiger charge is 2.19. The smallest absolute Gasteiger partial charge is 0.0574 e. The summed E-state index contributed by atoms with van der Waals surface area (Å²) in [4.78, 5) is 0. The molecule has 0 saturated heterocycles. The number of hydrogen-bond acceptors (Lipinski definition) is 1. The van der Waals surface area contributed by atoms with E-state index in [1.165, 1.54) is 32.1 Å². The number of rotatable bonds is 2. The zero-order valence-corrected chi connectivity index (χ0v) is 7.10. The molecule has 10 heavy (non-hydrogen) atoms. The summed E-state index contributed by atoms with van der Waals surface area (Å²) in [6.07, 6.45) is 7.28. The molecule has 0 N–H and O–H groups in total. The average molecular weight is 142 g/mol. The van der Waals surface area contributed by atoms with Crippen LogP contribution < -0.4 is 0 Å². The van der Waals surface area contributed by atoms with E-state index in [1.54, 1.807) is 0 Å². The van der Waals surface area contributed by atoms with Crippen molar-refractivity contribution in [2.45, 2.75) is 45.1 Å². The van der Waals surface area contributed by atoms with Crippen LogP contribution in [0.15, 0.2) is 0 Å². The molecule has 0 amide bonds. The van der Waals surface area contributed by atoms with Crippen LogP contribution in [0.3, 0.4) is 0 Å². The van der Waals surface area contributed by atoms with Crippen molar-refractivity contribution in [3.63, 3.8) is 0 Å². The van der Waals surface area contributed by atoms with Crippen molar-refractivity contribution in [2.24, 2.45) is 5.92 Å². The molecule has 60 valence electrons. The Morgan fingerprint density at radius 3 is 2.80 bits per heavy atom. The first kappa shape index (κ1) is 8.06. The van der Waals surface area contributed by atoms with Crippen molar-refractivity contribution in [1.82, 2.24) is 0 Å². The van der Waals surface area contributed by atoms with Crippen LogP contribution in [0.2, 0.25) is 0 Å². The third kappa shape index (κ3) is 1.98. The van der Waals surface area contributed by atoms with Crippen LogP contribution in [0, 0.1) is 5.92 Å². The van der Waals surface area contributed by atoms with Gasteiger partial charge in [0.2, 0.25) is 0 Å². The molecular weight excluding hydrogens is 124 g/mol. The van der Waals surface area contributed by atoms with Gasteiger partial charge in [0.1, 0.15) is 0 Å². The standard InChI is InChI=1S/C9H18O/c1-3-8-5-4-6-9(7-8)10-2/h8-9H,3-7H2,1-2H3. The van der Waals surface area contributed by atoms with Gasteiger partial charge in [0.05, 0.1) is 6.10 Å². The SMILES string of the molecule is CCC1CCCC(OC)C1. The fraction of sp³-hybridized carbons (Fsp3) is 1.00. The van der Waals surface area contributed by atoms with E-state index in [-0.39, 0.29) is 0 Å². The molecule has 0 aromatic carbocycles. The molecule has 1 aliphatic rings. The van der Waals surface area contributed by atoms with Crippen LogP contribution in [0.5, 0.6) is 0 Å². The van der Waals surface area contributed by atoms with Crippen molar-refractivity contribution in [3.8, 4) is 0 Å². The molecule has 0 aromatic heterocycles. The van der Waals surface area contributed by atoms with E-state index in [4.69, 9.17) is 4.74 Å². The van der Waals surface area contributed by atoms with Crippen LogP contribution in [0.25, 0.3) is 0 Å². The van der Waals surface area contributed by atoms with Gasteiger partial charge in [-0.05, 0) is 18.8 Å². The molecule has 1 heteroatoms. The van der Waals surface area contributed by atoms with Gasteiger partial charge < -0.3 is 4.74 Å². The lowest BCUT2D eigenvalue weighted by Crippen LogP contribution is -2.20. The lowest BCUT2D eigenvalue weighted by molar-refractivity contribution is 0.0500. The molecule has 0 aromatic rings. The average Bonchev–Trinajstić information content (AvgIpc) is 2.05. The third-order valence-electron chi connectivity index (χ3n) is 2.65. The van der Waals surface area contributed by atoms with Gasteiger partial charge >= 0.3 is 0 Å². The van der Waals surface area contributed by atoms with Crippen LogP contribution in [-0.2, 0) is 4.74 Å². The molecule has 1 saturated carbocycles. The molecule has 0 bridgehead atoms. The summed E-state index contributed by atoms with van der Waals surface area (Å²) in [5.74, 6) is 0.943. The summed E-state index contributed by atoms with van der Waals surface area (Å²) in [6.45, 7) is 2.28. The molecule has 1 fully saturated rings. The molecular formula is C9H18O. The highest BCUT2D eigenvalue weighted by atomic mass is 16.5. The van der Waals surface area contributed by atoms with Gasteiger partial charge in [-0.2, -0.15) is 0 Å². The minimum atomic E-state index is 0.568. The predicted octanol–water partition coefficient (Wildman–Crippen LogP) is 2.60. The second-order valence-corrected chi connectivity index (χ2v) is 3.30. The van der Waals surface area contributed by atoms with E-state index in [2.05, 4.69) is 6.92 Å². The Hall–Kier alpha value is -0.0400. The highest BCUT2D eigenvalue weighted by molar-refractivity contribution is 4.71. The fourth-order valence-corrected chi connectivity index (χ4v) is 1.83. The third-order valence-corrected chi connectivity index (χ3v) is 2.65. The summed E-state index contributed by atoms with van der Waals surface area (Å²) in [6, 6.07) is 0. The van der Waals surface area contributed by atoms with Crippen molar-refractivity contribution >= 4 is 0 Å². The zero-order valence-electron chi connectivity index (χ0n) is 7.10. The van der Waals surface area contributed by atoms with Crippen LogP contribution in [0.1, 0.15) is 39.0 Å². The van der Waals surface area contributed by atoms with Gasteiger partial charge in [-0.25, -0.2) is 0 Å². The Balaban J connectivity index is 2.25. The lowest BCUT2D eigenvalue weighted by Gasteiger charge is -2.27. The molecule has 2 unspecified atom stereocenters. The maximum atomic E-state index is 5.32. The first-order valence-corrected chi connectivity index (χ1v) is 4.39. The van der Waals surface area contributed by atoms with Gasteiger partial charge in [0, 0.05) is 7.11 Å². The molecule has 0 aliphatic heterocycles. The van der Waals surface area contributed by atoms with Gasteiger partial charge in [-0.3, -0.25) is 0 Å². The van der Waals surface area contributed by atoms with Gasteiger partial charge in [-0.1, -0.05) is 26.2 Å². The Bertz CT molecular complexity index is 80.7. The summed E-state index contributed by atoms with van der Waals surface area (Å²) < 4.78 is 5.32.